The van der Waals surface area contributed by atoms with Gasteiger partial charge in [-0.1, -0.05) is 12.1 Å². The molecule has 0 amide bonds. The largest absolute Gasteiger partial charge is 0.310 e. The smallest absolute Gasteiger partial charge is 0.0492 e. The predicted octanol–water partition coefficient (Wildman–Crippen LogP) is 5.79. The van der Waals surface area contributed by atoms with Crippen molar-refractivity contribution in [1.29, 1.82) is 0 Å². The second-order valence-corrected chi connectivity index (χ2v) is 6.23. The highest BCUT2D eigenvalue weighted by Crippen LogP contribution is 2.35. The van der Waals surface area contributed by atoms with Gasteiger partial charge in [-0.05, 0) is 86.3 Å². The normalized spacial score (nSPS) is 10.6. The first-order chi connectivity index (χ1) is 11.0. The molecular weight excluding hydrogens is 280 g/mol. The summed E-state index contributed by atoms with van der Waals surface area (Å²) in [5.41, 5.74) is 8.55. The van der Waals surface area contributed by atoms with E-state index in [4.69, 9.17) is 0 Å². The minimum atomic E-state index is 1.12. The van der Waals surface area contributed by atoms with Crippen molar-refractivity contribution in [2.45, 2.75) is 27.7 Å². The standard InChI is InChI=1S/C21H22N2/c1-15-9-16(2)12-20(11-15)23(19-5-7-22-8-6-19)21-13-17(3)10-18(4)14-21/h5-14H,1-4H3. The van der Waals surface area contributed by atoms with Crippen LogP contribution in [0.15, 0.2) is 60.9 Å². The Morgan fingerprint density at radius 2 is 0.957 bits per heavy atom. The molecule has 0 aliphatic rings. The number of aryl methyl sites for hydroxylation is 4. The lowest BCUT2D eigenvalue weighted by atomic mass is 10.1. The Morgan fingerprint density at radius 3 is 1.35 bits per heavy atom. The molecule has 0 spiro atoms. The molecule has 2 aromatic carbocycles. The summed E-state index contributed by atoms with van der Waals surface area (Å²) >= 11 is 0. The molecule has 23 heavy (non-hydrogen) atoms. The molecule has 0 radical (unpaired) electrons. The maximum Gasteiger partial charge on any atom is 0.0492 e. The van der Waals surface area contributed by atoms with Crippen LogP contribution in [-0.4, -0.2) is 4.98 Å². The zero-order chi connectivity index (χ0) is 16.4. The molecule has 2 nitrogen and oxygen atoms in total. The van der Waals surface area contributed by atoms with E-state index < -0.39 is 0 Å². The average Bonchev–Trinajstić information content (AvgIpc) is 2.46. The van der Waals surface area contributed by atoms with Crippen LogP contribution in [0.3, 0.4) is 0 Å². The number of benzene rings is 2. The highest BCUT2D eigenvalue weighted by molar-refractivity contribution is 5.77. The SMILES string of the molecule is Cc1cc(C)cc(N(c2ccncc2)c2cc(C)cc(C)c2)c1. The van der Waals surface area contributed by atoms with Gasteiger partial charge in [0.05, 0.1) is 0 Å². The van der Waals surface area contributed by atoms with Gasteiger partial charge in [0.15, 0.2) is 0 Å². The Labute approximate surface area is 138 Å². The molecule has 2 heteroatoms. The van der Waals surface area contributed by atoms with Gasteiger partial charge in [0, 0.05) is 29.5 Å². The van der Waals surface area contributed by atoms with E-state index in [0.717, 1.165) is 5.69 Å². The first-order valence-corrected chi connectivity index (χ1v) is 7.90. The Balaban J connectivity index is 2.22. The van der Waals surface area contributed by atoms with Gasteiger partial charge in [-0.25, -0.2) is 0 Å². The molecule has 1 aromatic heterocycles. The minimum Gasteiger partial charge on any atom is -0.310 e. The molecule has 1 heterocycles. The molecule has 116 valence electrons. The number of pyridine rings is 1. The van der Waals surface area contributed by atoms with Gasteiger partial charge in [-0.2, -0.15) is 0 Å². The van der Waals surface area contributed by atoms with E-state index >= 15 is 0 Å². The van der Waals surface area contributed by atoms with Crippen molar-refractivity contribution in [3.8, 4) is 0 Å². The third kappa shape index (κ3) is 3.42. The molecule has 0 fully saturated rings. The topological polar surface area (TPSA) is 16.1 Å². The van der Waals surface area contributed by atoms with Crippen LogP contribution in [-0.2, 0) is 0 Å². The summed E-state index contributed by atoms with van der Waals surface area (Å²) in [6, 6.07) is 17.4. The van der Waals surface area contributed by atoms with Crippen molar-refractivity contribution in [1.82, 2.24) is 4.98 Å². The van der Waals surface area contributed by atoms with Crippen LogP contribution in [0.2, 0.25) is 0 Å². The third-order valence-corrected chi connectivity index (χ3v) is 3.85. The van der Waals surface area contributed by atoms with E-state index in [0.29, 0.717) is 0 Å². The maximum absolute atomic E-state index is 4.16. The molecule has 0 saturated carbocycles. The van der Waals surface area contributed by atoms with Crippen LogP contribution >= 0.6 is 0 Å². The predicted molar refractivity (Wildman–Crippen MR) is 97.9 cm³/mol. The van der Waals surface area contributed by atoms with Gasteiger partial charge in [0.25, 0.3) is 0 Å². The van der Waals surface area contributed by atoms with Crippen molar-refractivity contribution in [2.75, 3.05) is 4.90 Å². The molecule has 0 unspecified atom stereocenters. The van der Waals surface area contributed by atoms with Crippen molar-refractivity contribution < 1.29 is 0 Å². The fourth-order valence-electron chi connectivity index (χ4n) is 3.10. The van der Waals surface area contributed by atoms with E-state index in [1.165, 1.54) is 33.6 Å². The fourth-order valence-corrected chi connectivity index (χ4v) is 3.10. The summed E-state index contributed by atoms with van der Waals surface area (Å²) in [7, 11) is 0. The summed E-state index contributed by atoms with van der Waals surface area (Å²) in [6.45, 7) is 8.57. The van der Waals surface area contributed by atoms with Crippen LogP contribution in [0.5, 0.6) is 0 Å². The van der Waals surface area contributed by atoms with Gasteiger partial charge >= 0.3 is 0 Å². The van der Waals surface area contributed by atoms with Crippen LogP contribution in [0, 0.1) is 27.7 Å². The lowest BCUT2D eigenvalue weighted by Gasteiger charge is -2.26. The minimum absolute atomic E-state index is 1.12. The zero-order valence-electron chi connectivity index (χ0n) is 14.2. The lowest BCUT2D eigenvalue weighted by Crippen LogP contribution is -2.11. The summed E-state index contributed by atoms with van der Waals surface area (Å²) in [6.07, 6.45) is 3.68. The first-order valence-electron chi connectivity index (χ1n) is 7.90. The number of anilines is 3. The van der Waals surface area contributed by atoms with Crippen molar-refractivity contribution in [3.05, 3.63) is 83.2 Å². The zero-order valence-corrected chi connectivity index (χ0v) is 14.2. The van der Waals surface area contributed by atoms with Gasteiger partial charge < -0.3 is 4.90 Å². The van der Waals surface area contributed by atoms with Crippen LogP contribution < -0.4 is 4.90 Å². The summed E-state index contributed by atoms with van der Waals surface area (Å²) in [5, 5.41) is 0. The molecule has 3 aromatic rings. The Hall–Kier alpha value is -2.61. The summed E-state index contributed by atoms with van der Waals surface area (Å²) in [5.74, 6) is 0. The Kier molecular flexibility index (Phi) is 4.16. The highest BCUT2D eigenvalue weighted by atomic mass is 15.1. The second kappa shape index (κ2) is 6.25. The number of nitrogens with zero attached hydrogens (tertiary/aromatic N) is 2. The molecule has 0 bridgehead atoms. The maximum atomic E-state index is 4.16. The average molecular weight is 302 g/mol. The number of hydrogen-bond donors (Lipinski definition) is 0. The number of aromatic nitrogens is 1. The van der Waals surface area contributed by atoms with E-state index in [9.17, 15) is 0 Å². The summed E-state index contributed by atoms with van der Waals surface area (Å²) < 4.78 is 0. The fraction of sp³-hybridized carbons (Fsp3) is 0.190. The third-order valence-electron chi connectivity index (χ3n) is 3.85. The van der Waals surface area contributed by atoms with E-state index in [-0.39, 0.29) is 0 Å². The van der Waals surface area contributed by atoms with E-state index in [1.807, 2.05) is 12.4 Å². The molecule has 3 rings (SSSR count). The van der Waals surface area contributed by atoms with Gasteiger partial charge in [0.2, 0.25) is 0 Å². The molecule has 0 aliphatic carbocycles. The second-order valence-electron chi connectivity index (χ2n) is 6.23. The summed E-state index contributed by atoms with van der Waals surface area (Å²) in [4.78, 5) is 6.45. The molecule has 0 N–H and O–H groups in total. The lowest BCUT2D eigenvalue weighted by molar-refractivity contribution is 1.21. The molecule has 0 saturated heterocycles. The quantitative estimate of drug-likeness (QED) is 0.609. The Bertz CT molecular complexity index is 731. The van der Waals surface area contributed by atoms with Crippen molar-refractivity contribution in [3.63, 3.8) is 0 Å². The number of hydrogen-bond acceptors (Lipinski definition) is 2. The first kappa shape index (κ1) is 15.3. The van der Waals surface area contributed by atoms with Crippen LogP contribution in [0.25, 0.3) is 0 Å². The van der Waals surface area contributed by atoms with Crippen molar-refractivity contribution >= 4 is 17.1 Å². The van der Waals surface area contributed by atoms with Crippen molar-refractivity contribution in [2.24, 2.45) is 0 Å². The molecular formula is C21H22N2. The van der Waals surface area contributed by atoms with Gasteiger partial charge in [0.1, 0.15) is 0 Å². The molecule has 0 atom stereocenters. The monoisotopic (exact) mass is 302 g/mol. The number of rotatable bonds is 3. The highest BCUT2D eigenvalue weighted by Gasteiger charge is 2.13. The van der Waals surface area contributed by atoms with Gasteiger partial charge in [-0.3, -0.25) is 4.98 Å². The molecule has 0 aliphatic heterocycles. The van der Waals surface area contributed by atoms with Crippen LogP contribution in [0.1, 0.15) is 22.3 Å². The van der Waals surface area contributed by atoms with E-state index in [2.05, 4.69) is 86.1 Å². The van der Waals surface area contributed by atoms with Gasteiger partial charge in [-0.15, -0.1) is 0 Å². The van der Waals surface area contributed by atoms with Crippen LogP contribution in [0.4, 0.5) is 17.1 Å². The van der Waals surface area contributed by atoms with E-state index in [1.54, 1.807) is 0 Å². The Morgan fingerprint density at radius 1 is 0.565 bits per heavy atom.